The Bertz CT molecular complexity index is 662. The van der Waals surface area contributed by atoms with Gasteiger partial charge in [-0.25, -0.2) is 4.98 Å². The van der Waals surface area contributed by atoms with Crippen molar-refractivity contribution in [2.75, 3.05) is 26.7 Å². The van der Waals surface area contributed by atoms with E-state index in [0.29, 0.717) is 0 Å². The van der Waals surface area contributed by atoms with Gasteiger partial charge in [-0.1, -0.05) is 24.3 Å². The summed E-state index contributed by atoms with van der Waals surface area (Å²) in [6.45, 7) is 6.19. The molecule has 1 fully saturated rings. The number of likely N-dealkylation sites (tertiary alicyclic amines) is 1. The monoisotopic (exact) mass is 482 g/mol. The van der Waals surface area contributed by atoms with Gasteiger partial charge >= 0.3 is 0 Å². The van der Waals surface area contributed by atoms with Crippen LogP contribution in [-0.4, -0.2) is 47.1 Å². The van der Waals surface area contributed by atoms with Crippen molar-refractivity contribution in [1.82, 2.24) is 25.1 Å². The number of rotatable bonds is 8. The second-order valence-corrected chi connectivity index (χ2v) is 6.81. The maximum absolute atomic E-state index is 4.29. The van der Waals surface area contributed by atoms with Gasteiger partial charge in [0.2, 0.25) is 0 Å². The molecule has 0 spiro atoms. The standard InChI is InChI=1S/C20H30N6.HI/c1-21-20(23-9-4-13-26-14-10-22-17-26)24-15-18-5-7-19(8-6-18)16-25-11-2-3-12-25;/h5-8,10,14,17H,2-4,9,11-13,15-16H2,1H3,(H2,21,23,24);1H. The van der Waals surface area contributed by atoms with Crippen molar-refractivity contribution in [3.8, 4) is 0 Å². The van der Waals surface area contributed by atoms with Crippen LogP contribution in [0.4, 0.5) is 0 Å². The van der Waals surface area contributed by atoms with Crippen molar-refractivity contribution >= 4 is 29.9 Å². The lowest BCUT2D eigenvalue weighted by molar-refractivity contribution is 0.331. The minimum Gasteiger partial charge on any atom is -0.356 e. The maximum Gasteiger partial charge on any atom is 0.191 e. The summed E-state index contributed by atoms with van der Waals surface area (Å²) < 4.78 is 2.08. The number of nitrogens with zero attached hydrogens (tertiary/aromatic N) is 4. The van der Waals surface area contributed by atoms with Gasteiger partial charge < -0.3 is 15.2 Å². The smallest absolute Gasteiger partial charge is 0.191 e. The number of hydrogen-bond donors (Lipinski definition) is 2. The van der Waals surface area contributed by atoms with Crippen molar-refractivity contribution in [3.63, 3.8) is 0 Å². The van der Waals surface area contributed by atoms with E-state index in [1.54, 1.807) is 0 Å². The van der Waals surface area contributed by atoms with E-state index in [1.807, 2.05) is 25.8 Å². The molecule has 0 radical (unpaired) electrons. The zero-order valence-corrected chi connectivity index (χ0v) is 18.4. The molecule has 0 aliphatic carbocycles. The van der Waals surface area contributed by atoms with Gasteiger partial charge in [0.15, 0.2) is 5.96 Å². The zero-order valence-electron chi connectivity index (χ0n) is 16.1. The third kappa shape index (κ3) is 7.50. The van der Waals surface area contributed by atoms with Crippen LogP contribution in [0, 0.1) is 0 Å². The SMILES string of the molecule is CN=C(NCCCn1ccnc1)NCc1ccc(CN2CCCC2)cc1.I. The average Bonchev–Trinajstić information content (AvgIpc) is 3.36. The van der Waals surface area contributed by atoms with Crippen molar-refractivity contribution < 1.29 is 0 Å². The minimum absolute atomic E-state index is 0. The fourth-order valence-corrected chi connectivity index (χ4v) is 3.26. The number of aliphatic imine (C=N–C) groups is 1. The molecule has 7 heteroatoms. The number of nitrogens with one attached hydrogen (secondary N) is 2. The van der Waals surface area contributed by atoms with Crippen LogP contribution in [0.2, 0.25) is 0 Å². The predicted octanol–water partition coefficient (Wildman–Crippen LogP) is 2.85. The van der Waals surface area contributed by atoms with Crippen LogP contribution in [0.25, 0.3) is 0 Å². The Morgan fingerprint density at radius 3 is 2.52 bits per heavy atom. The molecule has 0 unspecified atom stereocenters. The van der Waals surface area contributed by atoms with E-state index in [0.717, 1.165) is 38.6 Å². The number of aromatic nitrogens is 2. The van der Waals surface area contributed by atoms with E-state index in [2.05, 4.69) is 54.3 Å². The molecule has 1 aliphatic rings. The summed E-state index contributed by atoms with van der Waals surface area (Å²) in [5.74, 6) is 0.844. The lowest BCUT2D eigenvalue weighted by atomic mass is 10.1. The van der Waals surface area contributed by atoms with Crippen LogP contribution >= 0.6 is 24.0 Å². The molecule has 3 rings (SSSR count). The van der Waals surface area contributed by atoms with Gasteiger partial charge in [0.25, 0.3) is 0 Å². The lowest BCUT2D eigenvalue weighted by Crippen LogP contribution is -2.37. The lowest BCUT2D eigenvalue weighted by Gasteiger charge is -2.15. The maximum atomic E-state index is 4.29. The first-order valence-electron chi connectivity index (χ1n) is 9.54. The number of aryl methyl sites for hydroxylation is 1. The summed E-state index contributed by atoms with van der Waals surface area (Å²) in [5.41, 5.74) is 2.68. The number of guanidine groups is 1. The highest BCUT2D eigenvalue weighted by Crippen LogP contribution is 2.13. The summed E-state index contributed by atoms with van der Waals surface area (Å²) in [7, 11) is 1.81. The summed E-state index contributed by atoms with van der Waals surface area (Å²) in [5, 5.41) is 6.74. The fourth-order valence-electron chi connectivity index (χ4n) is 3.26. The predicted molar refractivity (Wildman–Crippen MR) is 121 cm³/mol. The van der Waals surface area contributed by atoms with E-state index in [-0.39, 0.29) is 24.0 Å². The Morgan fingerprint density at radius 2 is 1.85 bits per heavy atom. The van der Waals surface area contributed by atoms with Gasteiger partial charge in [-0.3, -0.25) is 9.89 Å². The molecule has 1 saturated heterocycles. The Balaban J connectivity index is 0.00000261. The van der Waals surface area contributed by atoms with Crippen molar-refractivity contribution in [3.05, 3.63) is 54.1 Å². The molecule has 27 heavy (non-hydrogen) atoms. The Kier molecular flexibility index (Phi) is 9.61. The molecule has 2 aromatic rings. The normalized spacial score (nSPS) is 14.8. The van der Waals surface area contributed by atoms with Crippen molar-refractivity contribution in [1.29, 1.82) is 0 Å². The van der Waals surface area contributed by atoms with Crippen molar-refractivity contribution in [2.45, 2.75) is 38.9 Å². The summed E-state index contributed by atoms with van der Waals surface area (Å²) in [6.07, 6.45) is 9.36. The Morgan fingerprint density at radius 1 is 1.11 bits per heavy atom. The molecule has 6 nitrogen and oxygen atoms in total. The largest absolute Gasteiger partial charge is 0.356 e. The second-order valence-electron chi connectivity index (χ2n) is 6.81. The van der Waals surface area contributed by atoms with Gasteiger partial charge in [-0.15, -0.1) is 24.0 Å². The van der Waals surface area contributed by atoms with E-state index in [4.69, 9.17) is 0 Å². The van der Waals surface area contributed by atoms with E-state index in [9.17, 15) is 0 Å². The number of imidazole rings is 1. The van der Waals surface area contributed by atoms with E-state index < -0.39 is 0 Å². The summed E-state index contributed by atoms with van der Waals surface area (Å²) in [4.78, 5) is 10.9. The second kappa shape index (κ2) is 12.0. The van der Waals surface area contributed by atoms with E-state index >= 15 is 0 Å². The highest BCUT2D eigenvalue weighted by molar-refractivity contribution is 14.0. The van der Waals surface area contributed by atoms with Crippen LogP contribution in [0.3, 0.4) is 0 Å². The summed E-state index contributed by atoms with van der Waals surface area (Å²) >= 11 is 0. The molecule has 0 amide bonds. The van der Waals surface area contributed by atoms with Gasteiger partial charge in [0.1, 0.15) is 0 Å². The molecule has 1 aromatic carbocycles. The number of hydrogen-bond acceptors (Lipinski definition) is 3. The molecule has 1 aromatic heterocycles. The molecular formula is C20H31IN6. The third-order valence-electron chi connectivity index (χ3n) is 4.76. The highest BCUT2D eigenvalue weighted by Gasteiger charge is 2.11. The molecule has 0 bridgehead atoms. The van der Waals surface area contributed by atoms with Crippen LogP contribution in [0.1, 0.15) is 30.4 Å². The first-order chi connectivity index (χ1) is 12.8. The molecular weight excluding hydrogens is 451 g/mol. The number of benzene rings is 1. The molecule has 0 atom stereocenters. The van der Waals surface area contributed by atoms with Crippen molar-refractivity contribution in [2.24, 2.45) is 4.99 Å². The molecule has 2 N–H and O–H groups in total. The minimum atomic E-state index is 0. The molecule has 1 aliphatic heterocycles. The quantitative estimate of drug-likeness (QED) is 0.263. The number of halogens is 1. The molecule has 0 saturated carbocycles. The molecule has 148 valence electrons. The van der Waals surface area contributed by atoms with Gasteiger partial charge in [0, 0.05) is 45.6 Å². The van der Waals surface area contributed by atoms with Gasteiger partial charge in [-0.05, 0) is 43.5 Å². The van der Waals surface area contributed by atoms with Gasteiger partial charge in [-0.2, -0.15) is 0 Å². The Hall–Kier alpha value is -1.61. The topological polar surface area (TPSA) is 57.5 Å². The first-order valence-corrected chi connectivity index (χ1v) is 9.54. The first kappa shape index (κ1) is 21.7. The highest BCUT2D eigenvalue weighted by atomic mass is 127. The van der Waals surface area contributed by atoms with Crippen LogP contribution in [-0.2, 0) is 19.6 Å². The third-order valence-corrected chi connectivity index (χ3v) is 4.76. The zero-order chi connectivity index (χ0) is 18.0. The fraction of sp³-hybridized carbons (Fsp3) is 0.500. The van der Waals surface area contributed by atoms with E-state index in [1.165, 1.54) is 37.1 Å². The Labute approximate surface area is 179 Å². The van der Waals surface area contributed by atoms with Gasteiger partial charge in [0.05, 0.1) is 6.33 Å². The molecule has 2 heterocycles. The van der Waals surface area contributed by atoms with Crippen LogP contribution in [0.15, 0.2) is 48.0 Å². The van der Waals surface area contributed by atoms with Crippen LogP contribution in [0.5, 0.6) is 0 Å². The van der Waals surface area contributed by atoms with Crippen LogP contribution < -0.4 is 10.6 Å². The average molecular weight is 482 g/mol. The summed E-state index contributed by atoms with van der Waals surface area (Å²) in [6, 6.07) is 8.92.